The van der Waals surface area contributed by atoms with Gasteiger partial charge in [0.1, 0.15) is 18.1 Å². The molecular weight excluding hydrogens is 475 g/mol. The normalized spacial score (nSPS) is 10.6. The van der Waals surface area contributed by atoms with Crippen LogP contribution in [-0.2, 0) is 6.61 Å². The van der Waals surface area contributed by atoms with Gasteiger partial charge in [0.15, 0.2) is 16.7 Å². The van der Waals surface area contributed by atoms with E-state index < -0.39 is 0 Å². The molecule has 0 fully saturated rings. The summed E-state index contributed by atoms with van der Waals surface area (Å²) in [5, 5.41) is 14.8. The fourth-order valence-corrected chi connectivity index (χ4v) is 3.24. The lowest BCUT2D eigenvalue weighted by atomic mass is 10.2. The zero-order chi connectivity index (χ0) is 22.5. The highest BCUT2D eigenvalue weighted by atomic mass is 35.5. The Hall–Kier alpha value is -3.26. The van der Waals surface area contributed by atoms with Crippen molar-refractivity contribution in [2.75, 3.05) is 10.6 Å². The molecule has 0 atom stereocenters. The molecule has 2 N–H and O–H groups in total. The lowest BCUT2D eigenvalue weighted by Crippen LogP contribution is -2.10. The second kappa shape index (κ2) is 9.91. The van der Waals surface area contributed by atoms with Crippen LogP contribution in [0.3, 0.4) is 0 Å². The summed E-state index contributed by atoms with van der Waals surface area (Å²) in [4.78, 5) is 12.5. The second-order valence-electron chi connectivity index (χ2n) is 6.53. The molecule has 0 saturated carbocycles. The van der Waals surface area contributed by atoms with Crippen molar-refractivity contribution in [3.8, 4) is 5.75 Å². The Bertz CT molecular complexity index is 1230. The Morgan fingerprint density at radius 2 is 1.69 bits per heavy atom. The number of furan rings is 1. The lowest BCUT2D eigenvalue weighted by molar-refractivity contribution is 0.0992. The van der Waals surface area contributed by atoms with E-state index in [9.17, 15) is 4.79 Å². The topological polar surface area (TPSA) is 89.3 Å². The van der Waals surface area contributed by atoms with Crippen molar-refractivity contribution < 1.29 is 13.9 Å². The predicted molar refractivity (Wildman–Crippen MR) is 124 cm³/mol. The van der Waals surface area contributed by atoms with Crippen molar-refractivity contribution in [1.29, 1.82) is 0 Å². The summed E-state index contributed by atoms with van der Waals surface area (Å²) < 4.78 is 11.2. The van der Waals surface area contributed by atoms with E-state index in [0.29, 0.717) is 38.2 Å². The van der Waals surface area contributed by atoms with E-state index in [-0.39, 0.29) is 18.3 Å². The molecule has 0 spiro atoms. The van der Waals surface area contributed by atoms with E-state index in [4.69, 9.17) is 44.0 Å². The van der Waals surface area contributed by atoms with E-state index in [1.54, 1.807) is 66.7 Å². The van der Waals surface area contributed by atoms with Crippen LogP contribution in [0.2, 0.25) is 15.2 Å². The van der Waals surface area contributed by atoms with Crippen LogP contribution in [0.4, 0.5) is 17.2 Å². The molecule has 0 unspecified atom stereocenters. The minimum Gasteiger partial charge on any atom is -0.484 e. The molecule has 0 aliphatic heterocycles. The maximum absolute atomic E-state index is 12.5. The highest BCUT2D eigenvalue weighted by molar-refractivity contribution is 6.35. The molecule has 7 nitrogen and oxygen atoms in total. The van der Waals surface area contributed by atoms with Gasteiger partial charge in [-0.05, 0) is 66.7 Å². The fourth-order valence-electron chi connectivity index (χ4n) is 2.68. The maximum Gasteiger partial charge on any atom is 0.291 e. The lowest BCUT2D eigenvalue weighted by Gasteiger charge is -2.07. The van der Waals surface area contributed by atoms with Gasteiger partial charge in [0.25, 0.3) is 5.91 Å². The molecule has 0 bridgehead atoms. The average Bonchev–Trinajstić information content (AvgIpc) is 3.25. The average molecular weight is 490 g/mol. The van der Waals surface area contributed by atoms with Gasteiger partial charge in [-0.1, -0.05) is 34.8 Å². The molecule has 2 aromatic heterocycles. The first-order valence-corrected chi connectivity index (χ1v) is 10.4. The van der Waals surface area contributed by atoms with Gasteiger partial charge in [-0.25, -0.2) is 0 Å². The van der Waals surface area contributed by atoms with E-state index in [1.807, 2.05) is 0 Å². The first-order chi connectivity index (χ1) is 15.5. The number of carbonyl (C=O) groups is 1. The number of hydrogen-bond acceptors (Lipinski definition) is 6. The van der Waals surface area contributed by atoms with Crippen LogP contribution in [-0.4, -0.2) is 16.1 Å². The van der Waals surface area contributed by atoms with E-state index in [0.717, 1.165) is 5.69 Å². The summed E-state index contributed by atoms with van der Waals surface area (Å²) in [6.45, 7) is 0.114. The Labute approximate surface area is 198 Å². The van der Waals surface area contributed by atoms with Gasteiger partial charge >= 0.3 is 0 Å². The second-order valence-corrected chi connectivity index (χ2v) is 7.76. The highest BCUT2D eigenvalue weighted by Gasteiger charge is 2.13. The maximum atomic E-state index is 12.5. The number of ether oxygens (including phenoxy) is 1. The molecule has 32 heavy (non-hydrogen) atoms. The van der Waals surface area contributed by atoms with Gasteiger partial charge in [0, 0.05) is 16.4 Å². The van der Waals surface area contributed by atoms with Gasteiger partial charge in [0.05, 0.1) is 5.02 Å². The molecule has 0 aliphatic carbocycles. The fraction of sp³-hybridized carbons (Fsp3) is 0.0455. The number of halogens is 3. The van der Waals surface area contributed by atoms with Gasteiger partial charge in [-0.15, -0.1) is 10.2 Å². The number of nitrogens with zero attached hydrogens (tertiary/aromatic N) is 2. The van der Waals surface area contributed by atoms with Gasteiger partial charge in [-0.3, -0.25) is 4.79 Å². The SMILES string of the molecule is O=C(Nc1ccc(Nc2ccc(Cl)nn2)cc1)c1ccc(COc2ccc(Cl)cc2Cl)o1. The van der Waals surface area contributed by atoms with Crippen molar-refractivity contribution in [1.82, 2.24) is 10.2 Å². The van der Waals surface area contributed by atoms with E-state index in [1.165, 1.54) is 0 Å². The number of carbonyl (C=O) groups excluding carboxylic acids is 1. The number of anilines is 3. The van der Waals surface area contributed by atoms with Gasteiger partial charge < -0.3 is 19.8 Å². The first-order valence-electron chi connectivity index (χ1n) is 9.30. The van der Waals surface area contributed by atoms with Crippen molar-refractivity contribution in [2.24, 2.45) is 0 Å². The molecular formula is C22H15Cl3N4O3. The summed E-state index contributed by atoms with van der Waals surface area (Å²) in [6, 6.07) is 18.6. The molecule has 0 aliphatic rings. The molecule has 4 rings (SSSR count). The molecule has 2 aromatic carbocycles. The van der Waals surface area contributed by atoms with Crippen LogP contribution >= 0.6 is 34.8 Å². The number of benzene rings is 2. The molecule has 10 heteroatoms. The molecule has 4 aromatic rings. The number of amides is 1. The smallest absolute Gasteiger partial charge is 0.291 e. The minimum absolute atomic E-state index is 0.114. The third kappa shape index (κ3) is 5.70. The van der Waals surface area contributed by atoms with Gasteiger partial charge in [0.2, 0.25) is 0 Å². The predicted octanol–water partition coefficient (Wildman–Crippen LogP) is 6.60. The molecule has 1 amide bonds. The molecule has 2 heterocycles. The third-order valence-electron chi connectivity index (χ3n) is 4.20. The third-order valence-corrected chi connectivity index (χ3v) is 4.93. The Kier molecular flexibility index (Phi) is 6.80. The zero-order valence-electron chi connectivity index (χ0n) is 16.3. The van der Waals surface area contributed by atoms with Crippen molar-refractivity contribution >= 4 is 57.9 Å². The summed E-state index contributed by atoms with van der Waals surface area (Å²) in [6.07, 6.45) is 0. The quantitative estimate of drug-likeness (QED) is 0.304. The number of hydrogen-bond donors (Lipinski definition) is 2. The van der Waals surface area contributed by atoms with Crippen LogP contribution in [0.15, 0.2) is 71.1 Å². The first kappa shape index (κ1) is 22.0. The van der Waals surface area contributed by atoms with Crippen LogP contribution in [0.5, 0.6) is 5.75 Å². The number of aromatic nitrogens is 2. The van der Waals surface area contributed by atoms with Crippen LogP contribution in [0.25, 0.3) is 0 Å². The zero-order valence-corrected chi connectivity index (χ0v) is 18.6. The summed E-state index contributed by atoms with van der Waals surface area (Å²) in [5.74, 6) is 1.27. The van der Waals surface area contributed by atoms with Crippen molar-refractivity contribution in [3.05, 3.63) is 93.4 Å². The largest absolute Gasteiger partial charge is 0.484 e. The summed E-state index contributed by atoms with van der Waals surface area (Å²) in [5.41, 5.74) is 1.38. The molecule has 162 valence electrons. The summed E-state index contributed by atoms with van der Waals surface area (Å²) in [7, 11) is 0. The van der Waals surface area contributed by atoms with Crippen LogP contribution in [0, 0.1) is 0 Å². The van der Waals surface area contributed by atoms with Crippen LogP contribution in [0.1, 0.15) is 16.3 Å². The Morgan fingerprint density at radius 1 is 0.906 bits per heavy atom. The van der Waals surface area contributed by atoms with E-state index >= 15 is 0 Å². The highest BCUT2D eigenvalue weighted by Crippen LogP contribution is 2.28. The van der Waals surface area contributed by atoms with E-state index in [2.05, 4.69) is 20.8 Å². The van der Waals surface area contributed by atoms with Crippen LogP contribution < -0.4 is 15.4 Å². The monoisotopic (exact) mass is 488 g/mol. The Morgan fingerprint density at radius 3 is 2.41 bits per heavy atom. The van der Waals surface area contributed by atoms with Crippen molar-refractivity contribution in [2.45, 2.75) is 6.61 Å². The molecule has 0 saturated heterocycles. The van der Waals surface area contributed by atoms with Crippen molar-refractivity contribution in [3.63, 3.8) is 0 Å². The number of rotatable bonds is 7. The Balaban J connectivity index is 1.33. The summed E-state index contributed by atoms with van der Waals surface area (Å²) >= 11 is 17.7. The molecule has 0 radical (unpaired) electrons. The van der Waals surface area contributed by atoms with Gasteiger partial charge in [-0.2, -0.15) is 0 Å². The standard InChI is InChI=1S/C22H15Cl3N4O3/c23-13-1-7-18(17(24)11-13)31-12-16-6-8-19(32-16)22(30)27-15-4-2-14(3-5-15)26-21-10-9-20(25)28-29-21/h1-11H,12H2,(H,26,29)(H,27,30). The number of nitrogens with one attached hydrogen (secondary N) is 2. The minimum atomic E-state index is -0.384.